The summed E-state index contributed by atoms with van der Waals surface area (Å²) in [6, 6.07) is 4.54. The molecular weight excluding hydrogens is 294 g/mol. The lowest BCUT2D eigenvalue weighted by Gasteiger charge is -2.26. The first-order valence-corrected chi connectivity index (χ1v) is 9.35. The fraction of sp³-hybridized carbons (Fsp3) is 0.647. The van der Waals surface area contributed by atoms with Crippen molar-refractivity contribution in [2.75, 3.05) is 37.7 Å². The molecule has 2 fully saturated rings. The minimum Gasteiger partial charge on any atom is -0.337 e. The van der Waals surface area contributed by atoms with Gasteiger partial charge in [-0.3, -0.25) is 14.7 Å². The van der Waals surface area contributed by atoms with Crippen LogP contribution in [-0.2, 0) is 0 Å². The minimum atomic E-state index is 0.163. The van der Waals surface area contributed by atoms with Gasteiger partial charge in [0.1, 0.15) is 0 Å². The largest absolute Gasteiger partial charge is 0.337 e. The third-order valence-electron chi connectivity index (χ3n) is 4.57. The molecule has 0 N–H and O–H groups in total. The molecule has 1 aromatic rings. The van der Waals surface area contributed by atoms with Crippen molar-refractivity contribution >= 4 is 17.7 Å². The number of rotatable bonds is 2. The second-order valence-electron chi connectivity index (χ2n) is 6.34. The van der Waals surface area contributed by atoms with Crippen molar-refractivity contribution in [1.82, 2.24) is 14.8 Å². The molecule has 3 heterocycles. The molecule has 22 heavy (non-hydrogen) atoms. The highest BCUT2D eigenvalue weighted by Crippen LogP contribution is 2.23. The SMILES string of the molecule is Cc1cc(C(=O)N2CCCN(C3CCSC3)CC2)cc(C)n1. The first-order chi connectivity index (χ1) is 10.6. The minimum absolute atomic E-state index is 0.163. The van der Waals surface area contributed by atoms with Gasteiger partial charge in [0.2, 0.25) is 0 Å². The van der Waals surface area contributed by atoms with Gasteiger partial charge in [-0.25, -0.2) is 0 Å². The van der Waals surface area contributed by atoms with E-state index < -0.39 is 0 Å². The van der Waals surface area contributed by atoms with Crippen LogP contribution in [0.1, 0.15) is 34.6 Å². The van der Waals surface area contributed by atoms with Crippen LogP contribution in [0.5, 0.6) is 0 Å². The molecule has 0 radical (unpaired) electrons. The molecular formula is C17H25N3OS. The van der Waals surface area contributed by atoms with E-state index in [9.17, 15) is 4.79 Å². The van der Waals surface area contributed by atoms with E-state index in [1.165, 1.54) is 17.9 Å². The zero-order valence-corrected chi connectivity index (χ0v) is 14.4. The monoisotopic (exact) mass is 319 g/mol. The van der Waals surface area contributed by atoms with E-state index in [1.807, 2.05) is 30.9 Å². The number of aromatic nitrogens is 1. The Kier molecular flexibility index (Phi) is 5.03. The summed E-state index contributed by atoms with van der Waals surface area (Å²) in [7, 11) is 0. The molecule has 2 aliphatic rings. The second-order valence-corrected chi connectivity index (χ2v) is 7.49. The van der Waals surface area contributed by atoms with Crippen molar-refractivity contribution in [1.29, 1.82) is 0 Å². The van der Waals surface area contributed by atoms with Gasteiger partial charge in [-0.1, -0.05) is 0 Å². The molecule has 2 saturated heterocycles. The Balaban J connectivity index is 1.66. The van der Waals surface area contributed by atoms with Gasteiger partial charge in [0.25, 0.3) is 5.91 Å². The zero-order chi connectivity index (χ0) is 15.5. The summed E-state index contributed by atoms with van der Waals surface area (Å²) < 4.78 is 0. The number of nitrogens with zero attached hydrogens (tertiary/aromatic N) is 3. The van der Waals surface area contributed by atoms with Gasteiger partial charge in [-0.2, -0.15) is 11.8 Å². The Morgan fingerprint density at radius 3 is 2.64 bits per heavy atom. The number of carbonyl (C=O) groups is 1. The van der Waals surface area contributed by atoms with E-state index in [0.29, 0.717) is 0 Å². The van der Waals surface area contributed by atoms with Gasteiger partial charge in [-0.15, -0.1) is 0 Å². The van der Waals surface area contributed by atoms with Crippen LogP contribution in [0.2, 0.25) is 0 Å². The maximum atomic E-state index is 12.8. The number of aryl methyl sites for hydroxylation is 2. The molecule has 4 nitrogen and oxygen atoms in total. The molecule has 3 rings (SSSR count). The van der Waals surface area contributed by atoms with E-state index in [-0.39, 0.29) is 5.91 Å². The molecule has 0 bridgehead atoms. The van der Waals surface area contributed by atoms with Gasteiger partial charge < -0.3 is 4.90 Å². The third kappa shape index (κ3) is 3.63. The molecule has 1 amide bonds. The molecule has 0 aliphatic carbocycles. The number of thioether (sulfide) groups is 1. The lowest BCUT2D eigenvalue weighted by atomic mass is 10.1. The number of hydrogen-bond donors (Lipinski definition) is 0. The van der Waals surface area contributed by atoms with E-state index in [1.54, 1.807) is 0 Å². The van der Waals surface area contributed by atoms with Gasteiger partial charge in [0.05, 0.1) is 0 Å². The zero-order valence-electron chi connectivity index (χ0n) is 13.5. The van der Waals surface area contributed by atoms with Crippen LogP contribution in [0.15, 0.2) is 12.1 Å². The van der Waals surface area contributed by atoms with Crippen molar-refractivity contribution in [2.24, 2.45) is 0 Å². The molecule has 1 aromatic heterocycles. The normalized spacial score (nSPS) is 23.5. The Hall–Kier alpha value is -1.07. The lowest BCUT2D eigenvalue weighted by molar-refractivity contribution is 0.0758. The summed E-state index contributed by atoms with van der Waals surface area (Å²) in [5, 5.41) is 0. The molecule has 120 valence electrons. The first-order valence-electron chi connectivity index (χ1n) is 8.20. The Morgan fingerprint density at radius 2 is 1.95 bits per heavy atom. The summed E-state index contributed by atoms with van der Waals surface area (Å²) in [5.41, 5.74) is 2.63. The van der Waals surface area contributed by atoms with Crippen LogP contribution in [-0.4, -0.2) is 64.4 Å². The molecule has 2 aliphatic heterocycles. The Morgan fingerprint density at radius 1 is 1.18 bits per heavy atom. The Bertz CT molecular complexity index is 522. The van der Waals surface area contributed by atoms with Gasteiger partial charge >= 0.3 is 0 Å². The second kappa shape index (κ2) is 7.01. The molecule has 1 atom stereocenters. The average Bonchev–Trinajstić information content (AvgIpc) is 2.90. The maximum absolute atomic E-state index is 12.8. The maximum Gasteiger partial charge on any atom is 0.254 e. The van der Waals surface area contributed by atoms with Gasteiger partial charge in [0.15, 0.2) is 0 Å². The highest BCUT2D eigenvalue weighted by molar-refractivity contribution is 7.99. The highest BCUT2D eigenvalue weighted by atomic mass is 32.2. The van der Waals surface area contributed by atoms with Gasteiger partial charge in [-0.05, 0) is 44.6 Å². The predicted molar refractivity (Wildman–Crippen MR) is 91.5 cm³/mol. The van der Waals surface area contributed by atoms with Crippen molar-refractivity contribution in [2.45, 2.75) is 32.7 Å². The fourth-order valence-corrected chi connectivity index (χ4v) is 4.71. The van der Waals surface area contributed by atoms with Crippen molar-refractivity contribution in [3.8, 4) is 0 Å². The van der Waals surface area contributed by atoms with E-state index in [4.69, 9.17) is 0 Å². The van der Waals surface area contributed by atoms with E-state index >= 15 is 0 Å². The molecule has 0 saturated carbocycles. The smallest absolute Gasteiger partial charge is 0.254 e. The number of pyridine rings is 1. The van der Waals surface area contributed by atoms with Crippen LogP contribution in [0.25, 0.3) is 0 Å². The van der Waals surface area contributed by atoms with Crippen molar-refractivity contribution in [3.63, 3.8) is 0 Å². The van der Waals surface area contributed by atoms with Crippen LogP contribution >= 0.6 is 11.8 Å². The Labute approximate surface area is 137 Å². The van der Waals surface area contributed by atoms with E-state index in [2.05, 4.69) is 21.6 Å². The first kappa shape index (κ1) is 15.8. The van der Waals surface area contributed by atoms with Gasteiger partial charge in [0, 0.05) is 54.9 Å². The van der Waals surface area contributed by atoms with Crippen LogP contribution in [0.3, 0.4) is 0 Å². The molecule has 0 spiro atoms. The standard InChI is InChI=1S/C17H25N3OS/c1-13-10-15(11-14(2)18-13)17(21)20-6-3-5-19(7-8-20)16-4-9-22-12-16/h10-11,16H,3-9,12H2,1-2H3. The number of hydrogen-bond acceptors (Lipinski definition) is 4. The number of amides is 1. The lowest BCUT2D eigenvalue weighted by Crippen LogP contribution is -2.39. The topological polar surface area (TPSA) is 36.4 Å². The quantitative estimate of drug-likeness (QED) is 0.838. The molecule has 5 heteroatoms. The average molecular weight is 319 g/mol. The molecule has 1 unspecified atom stereocenters. The van der Waals surface area contributed by atoms with Crippen molar-refractivity contribution in [3.05, 3.63) is 29.1 Å². The predicted octanol–water partition coefficient (Wildman–Crippen LogP) is 2.35. The van der Waals surface area contributed by atoms with Crippen LogP contribution in [0.4, 0.5) is 0 Å². The summed E-state index contributed by atoms with van der Waals surface area (Å²) in [5.74, 6) is 2.71. The summed E-state index contributed by atoms with van der Waals surface area (Å²) >= 11 is 2.06. The molecule has 0 aromatic carbocycles. The summed E-state index contributed by atoms with van der Waals surface area (Å²) in [6.45, 7) is 7.76. The third-order valence-corrected chi connectivity index (χ3v) is 5.71. The highest BCUT2D eigenvalue weighted by Gasteiger charge is 2.26. The van der Waals surface area contributed by atoms with Crippen LogP contribution < -0.4 is 0 Å². The summed E-state index contributed by atoms with van der Waals surface area (Å²) in [6.07, 6.45) is 2.39. The number of carbonyl (C=O) groups excluding carboxylic acids is 1. The summed E-state index contributed by atoms with van der Waals surface area (Å²) in [4.78, 5) is 21.7. The van der Waals surface area contributed by atoms with E-state index in [0.717, 1.165) is 55.6 Å². The van der Waals surface area contributed by atoms with Crippen molar-refractivity contribution < 1.29 is 4.79 Å². The van der Waals surface area contributed by atoms with Crippen LogP contribution in [0, 0.1) is 13.8 Å². The fourth-order valence-electron chi connectivity index (χ4n) is 3.46.